The molecule has 2 aliphatic heterocycles. The summed E-state index contributed by atoms with van der Waals surface area (Å²) >= 11 is 1.45. The lowest BCUT2D eigenvalue weighted by Gasteiger charge is -2.28. The van der Waals surface area contributed by atoms with E-state index >= 15 is 0 Å². The number of allylic oxidation sites excluding steroid dienone is 1. The number of thiazole rings is 1. The minimum absolute atomic E-state index is 0.00574. The molecule has 5 atom stereocenters. The molecule has 65 heavy (non-hydrogen) atoms. The monoisotopic (exact) mass is 928 g/mol. The molecule has 4 amide bonds. The fraction of sp³-hybridized carbons (Fsp3) is 0.489. The van der Waals surface area contributed by atoms with Crippen molar-refractivity contribution in [1.82, 2.24) is 30.2 Å². The quantitative estimate of drug-likeness (QED) is 0.0942. The van der Waals surface area contributed by atoms with Crippen LogP contribution in [-0.2, 0) is 29.2 Å². The van der Waals surface area contributed by atoms with Gasteiger partial charge in [0.15, 0.2) is 5.13 Å². The van der Waals surface area contributed by atoms with Gasteiger partial charge in [0, 0.05) is 67.2 Å². The van der Waals surface area contributed by atoms with Gasteiger partial charge in [-0.15, -0.1) is 11.3 Å². The molecule has 2 aromatic heterocycles. The number of anilines is 2. The van der Waals surface area contributed by atoms with Gasteiger partial charge in [0.1, 0.15) is 39.8 Å². The number of nitrogens with one attached hydrogen (secondary N) is 5. The van der Waals surface area contributed by atoms with Crippen molar-refractivity contribution in [2.24, 2.45) is 17.8 Å². The first-order chi connectivity index (χ1) is 31.1. The Bertz CT molecular complexity index is 2550. The molecular weight excluding hydrogens is 869 g/mol. The molecule has 4 aromatic rings. The van der Waals surface area contributed by atoms with Gasteiger partial charge < -0.3 is 35.6 Å². The molecule has 2 fully saturated rings. The molecule has 0 bridgehead atoms. The number of benzene rings is 2. The number of aromatic nitrogens is 2. The third-order valence-corrected chi connectivity index (χ3v) is 14.2. The van der Waals surface area contributed by atoms with E-state index in [1.54, 1.807) is 43.5 Å². The van der Waals surface area contributed by atoms with Crippen LogP contribution in [0, 0.1) is 17.8 Å². The van der Waals surface area contributed by atoms with Crippen LogP contribution in [0.3, 0.4) is 0 Å². The van der Waals surface area contributed by atoms with Crippen LogP contribution >= 0.6 is 11.3 Å². The van der Waals surface area contributed by atoms with Crippen molar-refractivity contribution in [3.05, 3.63) is 66.1 Å². The summed E-state index contributed by atoms with van der Waals surface area (Å²) in [5, 5.41) is 15.5. The summed E-state index contributed by atoms with van der Waals surface area (Å²) in [6, 6.07) is 12.7. The highest BCUT2D eigenvalue weighted by atomic mass is 32.2. The molecule has 348 valence electrons. The second-order valence-electron chi connectivity index (χ2n) is 17.8. The summed E-state index contributed by atoms with van der Waals surface area (Å²) < 4.78 is 42.3. The predicted octanol–water partition coefficient (Wildman–Crippen LogP) is 6.26. The van der Waals surface area contributed by atoms with E-state index in [9.17, 15) is 27.6 Å². The molecule has 1 saturated carbocycles. The maximum Gasteiger partial charge on any atom is 0.266 e. The van der Waals surface area contributed by atoms with Gasteiger partial charge in [-0.25, -0.2) is 23.1 Å². The summed E-state index contributed by atoms with van der Waals surface area (Å²) in [5.41, 5.74) is 0.529. The van der Waals surface area contributed by atoms with Crippen molar-refractivity contribution >= 4 is 66.7 Å². The molecular formula is C47H60N8O8S2. The summed E-state index contributed by atoms with van der Waals surface area (Å²) in [5.74, 6) is -2.21. The molecule has 2 aromatic carbocycles. The largest absolute Gasteiger partial charge is 0.497 e. The van der Waals surface area contributed by atoms with Crippen LogP contribution in [0.1, 0.15) is 79.1 Å². The number of hydrogen-bond donors (Lipinski definition) is 5. The van der Waals surface area contributed by atoms with Gasteiger partial charge >= 0.3 is 0 Å². The van der Waals surface area contributed by atoms with Crippen LogP contribution in [0.25, 0.3) is 22.3 Å². The van der Waals surface area contributed by atoms with E-state index in [-0.39, 0.29) is 48.6 Å². The number of pyridine rings is 1. The van der Waals surface area contributed by atoms with Gasteiger partial charge in [-0.2, -0.15) is 0 Å². The predicted molar refractivity (Wildman–Crippen MR) is 251 cm³/mol. The maximum absolute atomic E-state index is 14.8. The topological polar surface area (TPSA) is 210 Å². The number of hydrogen-bond acceptors (Lipinski definition) is 13. The summed E-state index contributed by atoms with van der Waals surface area (Å²) in [6.07, 6.45) is 7.00. The van der Waals surface area contributed by atoms with E-state index in [4.69, 9.17) is 19.4 Å². The van der Waals surface area contributed by atoms with Gasteiger partial charge in [0.25, 0.3) is 15.9 Å². The molecule has 1 unspecified atom stereocenters. The first-order valence-corrected chi connectivity index (χ1v) is 24.7. The number of likely N-dealkylation sites (tertiary alicyclic amines) is 1. The number of ether oxygens (including phenoxy) is 2. The Morgan fingerprint density at radius 1 is 1.03 bits per heavy atom. The number of methoxy groups -OCH3 is 1. The third-order valence-electron chi connectivity index (χ3n) is 12.0. The summed E-state index contributed by atoms with van der Waals surface area (Å²) in [4.78, 5) is 67.7. The number of para-hydroxylation sites is 1. The second kappa shape index (κ2) is 20.2. The highest BCUT2D eigenvalue weighted by Crippen LogP contribution is 2.46. The van der Waals surface area contributed by atoms with E-state index < -0.39 is 57.3 Å². The Kier molecular flexibility index (Phi) is 14.7. The average Bonchev–Trinajstić information content (AvgIpc) is 3.53. The van der Waals surface area contributed by atoms with E-state index in [0.717, 1.165) is 30.8 Å². The van der Waals surface area contributed by atoms with Crippen LogP contribution in [-0.4, -0.2) is 97.9 Å². The second-order valence-corrected chi connectivity index (χ2v) is 20.3. The van der Waals surface area contributed by atoms with Gasteiger partial charge in [0.05, 0.1) is 30.6 Å². The van der Waals surface area contributed by atoms with Gasteiger partial charge in [-0.1, -0.05) is 44.6 Å². The Morgan fingerprint density at radius 3 is 2.58 bits per heavy atom. The molecule has 5 N–H and O–H groups in total. The minimum atomic E-state index is -4.38. The zero-order valence-corrected chi connectivity index (χ0v) is 39.4. The SMILES string of the molecule is CNC(=O)[C@H](CC(=O)N1C[C@H](Oc2cc(-c3csc(NC(C)C)n3)nc3cc(OC)ccc23)C[C@H]1C(=O)N[C@]12CC1/C=C\CCCCCNc1ccccc1S(=O)(=O)NC2=O)CC(C)C. The van der Waals surface area contributed by atoms with E-state index in [0.29, 0.717) is 52.4 Å². The van der Waals surface area contributed by atoms with Crippen molar-refractivity contribution in [3.63, 3.8) is 0 Å². The average molecular weight is 929 g/mol. The Balaban J connectivity index is 1.21. The first kappa shape index (κ1) is 47.2. The summed E-state index contributed by atoms with van der Waals surface area (Å²) in [7, 11) is -1.28. The number of rotatable bonds is 13. The molecule has 1 aliphatic carbocycles. The van der Waals surface area contributed by atoms with Crippen LogP contribution in [0.2, 0.25) is 0 Å². The molecule has 0 spiro atoms. The Hall–Kier alpha value is -5.75. The lowest BCUT2D eigenvalue weighted by molar-refractivity contribution is -0.142. The van der Waals surface area contributed by atoms with Crippen LogP contribution in [0.5, 0.6) is 11.5 Å². The van der Waals surface area contributed by atoms with E-state index in [1.165, 1.54) is 29.4 Å². The number of carbonyl (C=O) groups excluding carboxylic acids is 4. The van der Waals surface area contributed by atoms with Crippen molar-refractivity contribution in [1.29, 1.82) is 0 Å². The van der Waals surface area contributed by atoms with Crippen LogP contribution in [0.4, 0.5) is 10.8 Å². The van der Waals surface area contributed by atoms with Gasteiger partial charge in [-0.05, 0) is 76.1 Å². The highest BCUT2D eigenvalue weighted by Gasteiger charge is 2.61. The van der Waals surface area contributed by atoms with Crippen molar-refractivity contribution in [2.45, 2.75) is 108 Å². The lowest BCUT2D eigenvalue weighted by Crippen LogP contribution is -2.56. The number of sulfonamides is 1. The normalized spacial score (nSPS) is 22.9. The standard InChI is InChI=1S/C47H60N8O8S2/c1-28(2)20-30(43(57)48-5)21-42(56)55-26-33(63-40-24-37(38-27-64-46(52-38)50-29(3)4)51-36-22-32(62-6)17-18-34(36)40)23-39(55)44(58)53-47-25-31(47)14-10-8-7-9-13-19-49-35-15-11-12-16-41(35)65(60,61)54-45(47)59/h10-12,14-18,22,24,27-31,33,39,49H,7-9,13,19-21,23,25-26H2,1-6H3,(H,48,57)(H,50,52)(H,53,58)(H,54,59)/b14-10-/t30-,31?,33+,39-,47+/m0/s1. The fourth-order valence-corrected chi connectivity index (χ4v) is 10.7. The van der Waals surface area contributed by atoms with Crippen LogP contribution in [0.15, 0.2) is 71.0 Å². The molecule has 3 aliphatic rings. The third kappa shape index (κ3) is 11.0. The lowest BCUT2D eigenvalue weighted by atomic mass is 9.92. The first-order valence-electron chi connectivity index (χ1n) is 22.4. The molecule has 7 rings (SSSR count). The fourth-order valence-electron chi connectivity index (χ4n) is 8.66. The molecule has 0 radical (unpaired) electrons. The molecule has 16 nitrogen and oxygen atoms in total. The Morgan fingerprint density at radius 2 is 1.83 bits per heavy atom. The zero-order valence-electron chi connectivity index (χ0n) is 37.8. The van der Waals surface area contributed by atoms with Gasteiger partial charge in [-0.3, -0.25) is 19.2 Å². The number of fused-ring (bicyclic) bond motifs is 3. The van der Waals surface area contributed by atoms with E-state index in [2.05, 4.69) is 26.0 Å². The van der Waals surface area contributed by atoms with Gasteiger partial charge in [0.2, 0.25) is 17.7 Å². The zero-order chi connectivity index (χ0) is 46.5. The minimum Gasteiger partial charge on any atom is -0.497 e. The Labute approximate surface area is 384 Å². The molecule has 1 saturated heterocycles. The smallest absolute Gasteiger partial charge is 0.266 e. The van der Waals surface area contributed by atoms with Crippen molar-refractivity contribution < 1.29 is 37.1 Å². The van der Waals surface area contributed by atoms with Crippen molar-refractivity contribution in [3.8, 4) is 22.9 Å². The highest BCUT2D eigenvalue weighted by molar-refractivity contribution is 7.90. The number of carbonyl (C=O) groups is 4. The number of amides is 4. The van der Waals surface area contributed by atoms with Crippen molar-refractivity contribution in [2.75, 3.05) is 37.9 Å². The van der Waals surface area contributed by atoms with E-state index in [1.807, 2.05) is 51.3 Å². The van der Waals surface area contributed by atoms with Crippen LogP contribution < -0.4 is 35.5 Å². The number of nitrogens with zero attached hydrogens (tertiary/aromatic N) is 3. The molecule has 4 heterocycles. The maximum atomic E-state index is 14.8. The molecule has 18 heteroatoms. The summed E-state index contributed by atoms with van der Waals surface area (Å²) in [6.45, 7) is 8.56.